The predicted octanol–water partition coefficient (Wildman–Crippen LogP) is 4.15. The molecule has 0 spiro atoms. The Hall–Kier alpha value is -2.47. The second-order valence-electron chi connectivity index (χ2n) is 6.60. The largest absolute Gasteiger partial charge is 0.324 e. The fourth-order valence-electron chi connectivity index (χ4n) is 3.00. The van der Waals surface area contributed by atoms with Gasteiger partial charge in [0, 0.05) is 10.6 Å². The highest BCUT2D eigenvalue weighted by atomic mass is 32.1. The topological polar surface area (TPSA) is 64.0 Å². The predicted molar refractivity (Wildman–Crippen MR) is 107 cm³/mol. The van der Waals surface area contributed by atoms with E-state index in [-0.39, 0.29) is 11.5 Å². The monoisotopic (exact) mass is 369 g/mol. The molecule has 6 heteroatoms. The van der Waals surface area contributed by atoms with E-state index in [2.05, 4.69) is 17.2 Å². The number of benzene rings is 1. The summed E-state index contributed by atoms with van der Waals surface area (Å²) in [6.07, 6.45) is 0.863. The molecule has 1 atom stereocenters. The Morgan fingerprint density at radius 1 is 1.27 bits per heavy atom. The number of rotatable bonds is 4. The summed E-state index contributed by atoms with van der Waals surface area (Å²) in [6.45, 7) is 9.48. The lowest BCUT2D eigenvalue weighted by atomic mass is 10.1. The van der Waals surface area contributed by atoms with Crippen LogP contribution in [0.3, 0.4) is 0 Å². The molecule has 0 saturated heterocycles. The third kappa shape index (κ3) is 3.29. The number of carbonyl (C=O) groups excluding carboxylic acids is 1. The van der Waals surface area contributed by atoms with Gasteiger partial charge in [-0.3, -0.25) is 14.2 Å². The van der Waals surface area contributed by atoms with Crippen molar-refractivity contribution in [2.24, 2.45) is 0 Å². The minimum atomic E-state index is -0.649. The lowest BCUT2D eigenvalue weighted by Crippen LogP contribution is -2.33. The van der Waals surface area contributed by atoms with Crippen molar-refractivity contribution in [2.45, 2.75) is 47.1 Å². The van der Waals surface area contributed by atoms with E-state index in [0.29, 0.717) is 11.2 Å². The van der Waals surface area contributed by atoms with Gasteiger partial charge >= 0.3 is 0 Å². The number of nitrogens with zero attached hydrogens (tertiary/aromatic N) is 2. The molecule has 2 heterocycles. The fraction of sp³-hybridized carbons (Fsp3) is 0.350. The van der Waals surface area contributed by atoms with Crippen molar-refractivity contribution in [1.82, 2.24) is 9.55 Å². The standard InChI is InChI=1S/C20H23N3O2S/c1-6-15-10-16-19(26-15)21-14(5)23(20(16)25)13(4)18(24)22-17-9-11(2)7-8-12(17)3/h7-10,13H,6H2,1-5H3,(H,22,24). The van der Waals surface area contributed by atoms with Crippen molar-refractivity contribution in [3.63, 3.8) is 0 Å². The zero-order valence-corrected chi connectivity index (χ0v) is 16.5. The molecule has 0 aliphatic carbocycles. The molecule has 0 fully saturated rings. The Labute approximate surface area is 156 Å². The molecule has 0 saturated carbocycles. The van der Waals surface area contributed by atoms with Crippen LogP contribution in [0.2, 0.25) is 0 Å². The van der Waals surface area contributed by atoms with Crippen LogP contribution in [0.5, 0.6) is 0 Å². The molecule has 2 aromatic heterocycles. The van der Waals surface area contributed by atoms with Gasteiger partial charge in [-0.1, -0.05) is 19.1 Å². The van der Waals surface area contributed by atoms with Crippen LogP contribution < -0.4 is 10.9 Å². The summed E-state index contributed by atoms with van der Waals surface area (Å²) >= 11 is 1.54. The minimum Gasteiger partial charge on any atom is -0.324 e. The third-order valence-electron chi connectivity index (χ3n) is 4.59. The average Bonchev–Trinajstić information content (AvgIpc) is 3.01. The Kier molecular flexibility index (Phi) is 4.96. The van der Waals surface area contributed by atoms with Gasteiger partial charge in [-0.25, -0.2) is 4.98 Å². The number of nitrogens with one attached hydrogen (secondary N) is 1. The number of amides is 1. The molecular weight excluding hydrogens is 346 g/mol. The van der Waals surface area contributed by atoms with Crippen LogP contribution in [-0.2, 0) is 11.2 Å². The van der Waals surface area contributed by atoms with E-state index in [1.165, 1.54) is 15.9 Å². The lowest BCUT2D eigenvalue weighted by Gasteiger charge is -2.18. The minimum absolute atomic E-state index is 0.160. The van der Waals surface area contributed by atoms with E-state index < -0.39 is 6.04 Å². The second kappa shape index (κ2) is 7.03. The Balaban J connectivity index is 1.98. The van der Waals surface area contributed by atoms with Gasteiger partial charge in [-0.05, 0) is 57.4 Å². The van der Waals surface area contributed by atoms with Crippen LogP contribution in [0.25, 0.3) is 10.2 Å². The molecule has 5 nitrogen and oxygen atoms in total. The molecule has 1 aromatic carbocycles. The number of anilines is 1. The first kappa shape index (κ1) is 18.3. The van der Waals surface area contributed by atoms with E-state index in [9.17, 15) is 9.59 Å². The summed E-state index contributed by atoms with van der Waals surface area (Å²) in [5.74, 6) is 0.326. The average molecular weight is 369 g/mol. The summed E-state index contributed by atoms with van der Waals surface area (Å²) in [5.41, 5.74) is 2.66. The van der Waals surface area contributed by atoms with Crippen molar-refractivity contribution in [3.05, 3.63) is 56.4 Å². The van der Waals surface area contributed by atoms with Crippen molar-refractivity contribution >= 4 is 33.1 Å². The first-order valence-corrected chi connectivity index (χ1v) is 9.53. The maximum Gasteiger partial charge on any atom is 0.263 e. The summed E-state index contributed by atoms with van der Waals surface area (Å²) in [5, 5.41) is 3.53. The molecule has 3 rings (SSSR count). The number of hydrogen-bond donors (Lipinski definition) is 1. The van der Waals surface area contributed by atoms with Crippen LogP contribution >= 0.6 is 11.3 Å². The van der Waals surface area contributed by atoms with Gasteiger partial charge in [0.25, 0.3) is 5.56 Å². The van der Waals surface area contributed by atoms with Crippen LogP contribution in [0.15, 0.2) is 29.1 Å². The number of hydrogen-bond acceptors (Lipinski definition) is 4. The van der Waals surface area contributed by atoms with Crippen molar-refractivity contribution in [2.75, 3.05) is 5.32 Å². The van der Waals surface area contributed by atoms with Crippen molar-refractivity contribution < 1.29 is 4.79 Å². The van der Waals surface area contributed by atoms with E-state index in [1.807, 2.05) is 38.1 Å². The Morgan fingerprint density at radius 2 is 2.00 bits per heavy atom. The zero-order valence-electron chi connectivity index (χ0n) is 15.7. The van der Waals surface area contributed by atoms with Gasteiger partial charge in [-0.15, -0.1) is 11.3 Å². The second-order valence-corrected chi connectivity index (χ2v) is 7.72. The number of fused-ring (bicyclic) bond motifs is 1. The van der Waals surface area contributed by atoms with Gasteiger partial charge in [0.1, 0.15) is 16.7 Å². The highest BCUT2D eigenvalue weighted by Crippen LogP contribution is 2.23. The SMILES string of the molecule is CCc1cc2c(=O)n(C(C)C(=O)Nc3cc(C)ccc3C)c(C)nc2s1. The quantitative estimate of drug-likeness (QED) is 0.751. The Morgan fingerprint density at radius 3 is 2.69 bits per heavy atom. The van der Waals surface area contributed by atoms with Crippen LogP contribution in [0, 0.1) is 20.8 Å². The maximum absolute atomic E-state index is 12.9. The lowest BCUT2D eigenvalue weighted by molar-refractivity contribution is -0.118. The molecule has 0 aliphatic rings. The van der Waals surface area contributed by atoms with E-state index in [0.717, 1.165) is 32.9 Å². The molecule has 1 N–H and O–H groups in total. The summed E-state index contributed by atoms with van der Waals surface area (Å²) in [4.78, 5) is 32.1. The number of carbonyl (C=O) groups is 1. The number of aromatic nitrogens is 2. The highest BCUT2D eigenvalue weighted by Gasteiger charge is 2.21. The molecule has 3 aromatic rings. The van der Waals surface area contributed by atoms with Gasteiger partial charge in [0.05, 0.1) is 5.39 Å². The first-order chi connectivity index (χ1) is 12.3. The third-order valence-corrected chi connectivity index (χ3v) is 5.76. The van der Waals surface area contributed by atoms with E-state index in [1.54, 1.807) is 13.8 Å². The molecule has 0 aliphatic heterocycles. The molecule has 1 unspecified atom stereocenters. The zero-order chi connectivity index (χ0) is 19.0. The van der Waals surface area contributed by atoms with Gasteiger partial charge in [0.2, 0.25) is 5.91 Å². The smallest absolute Gasteiger partial charge is 0.263 e. The normalized spacial score (nSPS) is 12.3. The summed E-state index contributed by atoms with van der Waals surface area (Å²) in [6, 6.07) is 7.15. The van der Waals surface area contributed by atoms with Gasteiger partial charge < -0.3 is 5.32 Å². The maximum atomic E-state index is 12.9. The summed E-state index contributed by atoms with van der Waals surface area (Å²) in [7, 11) is 0. The fourth-order valence-corrected chi connectivity index (χ4v) is 4.00. The molecule has 26 heavy (non-hydrogen) atoms. The molecule has 0 bridgehead atoms. The molecule has 0 radical (unpaired) electrons. The van der Waals surface area contributed by atoms with Gasteiger partial charge in [-0.2, -0.15) is 0 Å². The van der Waals surface area contributed by atoms with E-state index in [4.69, 9.17) is 0 Å². The number of aryl methyl sites for hydroxylation is 4. The number of thiophene rings is 1. The Bertz CT molecular complexity index is 1050. The van der Waals surface area contributed by atoms with E-state index >= 15 is 0 Å². The molecule has 136 valence electrons. The first-order valence-electron chi connectivity index (χ1n) is 8.71. The van der Waals surface area contributed by atoms with Crippen molar-refractivity contribution in [1.29, 1.82) is 0 Å². The van der Waals surface area contributed by atoms with Crippen molar-refractivity contribution in [3.8, 4) is 0 Å². The summed E-state index contributed by atoms with van der Waals surface area (Å²) < 4.78 is 1.48. The van der Waals surface area contributed by atoms with Gasteiger partial charge in [0.15, 0.2) is 0 Å². The van der Waals surface area contributed by atoms with Crippen LogP contribution in [-0.4, -0.2) is 15.5 Å². The van der Waals surface area contributed by atoms with Crippen LogP contribution in [0.4, 0.5) is 5.69 Å². The van der Waals surface area contributed by atoms with Crippen LogP contribution in [0.1, 0.15) is 41.7 Å². The molecular formula is C20H23N3O2S. The highest BCUT2D eigenvalue weighted by molar-refractivity contribution is 7.18. The molecule has 1 amide bonds.